The third kappa shape index (κ3) is 46.9. The molecule has 0 atom stereocenters. The van der Waals surface area contributed by atoms with Crippen LogP contribution in [0, 0.1) is 48.5 Å². The van der Waals surface area contributed by atoms with Gasteiger partial charge in [-0.15, -0.1) is 53.9 Å². The summed E-state index contributed by atoms with van der Waals surface area (Å²) >= 11 is 0. The van der Waals surface area contributed by atoms with Gasteiger partial charge in [0.15, 0.2) is 0 Å². The van der Waals surface area contributed by atoms with Crippen LogP contribution in [0.5, 0.6) is 0 Å². The Morgan fingerprint density at radius 1 is 0.232 bits per heavy atom. The van der Waals surface area contributed by atoms with Gasteiger partial charge in [0.1, 0.15) is 0 Å². The molecule has 756 valence electrons. The largest absolute Gasteiger partial charge is 0.388 e. The van der Waals surface area contributed by atoms with Crippen LogP contribution in [0.25, 0.3) is 132 Å². The van der Waals surface area contributed by atoms with Crippen LogP contribution >= 0.6 is 0 Å². The Labute approximate surface area is 951 Å². The van der Waals surface area contributed by atoms with E-state index in [1.165, 1.54) is 87.2 Å². The molecule has 16 rings (SSSR count). The Balaban J connectivity index is -0.000000175. The van der Waals surface area contributed by atoms with Gasteiger partial charge >= 0.3 is 0 Å². The second-order valence-corrected chi connectivity index (χ2v) is 26.1. The minimum Gasteiger partial charge on any atom is -0.388 e. The van der Waals surface area contributed by atoms with Crippen molar-refractivity contribution in [1.82, 2.24) is 37.9 Å². The van der Waals surface area contributed by atoms with Crippen LogP contribution in [-0.4, -0.2) is 118 Å². The number of hydrogen-bond donors (Lipinski definition) is 0. The number of para-hydroxylation sites is 4. The summed E-state index contributed by atoms with van der Waals surface area (Å²) in [4.78, 5) is 9.29. The van der Waals surface area contributed by atoms with Gasteiger partial charge in [-0.1, -0.05) is 352 Å². The number of aryl methyl sites for hydroxylation is 1. The molecule has 0 fully saturated rings. The molecule has 8 nitrogen and oxygen atoms in total. The number of hydrogen-bond acceptors (Lipinski definition) is 4. The van der Waals surface area contributed by atoms with Gasteiger partial charge in [-0.2, -0.15) is 146 Å². The molecule has 0 spiro atoms. The summed E-state index contributed by atoms with van der Waals surface area (Å²) in [6, 6.07) is 112. The van der Waals surface area contributed by atoms with Crippen molar-refractivity contribution in [3.05, 3.63) is 291 Å². The monoisotopic (exact) mass is 2170 g/mol. The molecular formula is C126H192N8Y4-8. The first kappa shape index (κ1) is 152. The average Bonchev–Trinajstić information content (AvgIpc) is 1.69. The van der Waals surface area contributed by atoms with Crippen LogP contribution in [0.2, 0.25) is 0 Å². The average molecular weight is 2170 g/mol. The van der Waals surface area contributed by atoms with Gasteiger partial charge in [-0.3, -0.25) is 0 Å². The molecule has 0 aliphatic rings. The molecule has 0 aliphatic carbocycles. The van der Waals surface area contributed by atoms with Gasteiger partial charge in [-0.05, 0) is 130 Å². The summed E-state index contributed by atoms with van der Waals surface area (Å²) in [6.45, 7) is 85.6. The third-order valence-electron chi connectivity index (χ3n) is 19.9. The second-order valence-electron chi connectivity index (χ2n) is 26.1. The van der Waals surface area contributed by atoms with Crippen molar-refractivity contribution in [1.29, 1.82) is 0 Å². The minimum atomic E-state index is 0. The van der Waals surface area contributed by atoms with Crippen molar-refractivity contribution in [3.63, 3.8) is 0 Å². The van der Waals surface area contributed by atoms with Gasteiger partial charge in [0.25, 0.3) is 0 Å². The van der Waals surface area contributed by atoms with Crippen molar-refractivity contribution < 1.29 is 131 Å². The Bertz CT molecular complexity index is 5190. The van der Waals surface area contributed by atoms with Crippen molar-refractivity contribution in [2.45, 2.75) is 290 Å². The summed E-state index contributed by atoms with van der Waals surface area (Å²) < 4.78 is 9.66. The molecule has 0 bridgehead atoms. The Hall–Kier alpha value is -5.90. The standard InChI is InChI=1S/3C23H22N2.C20H15N.C5H13N.15C2H6.2CH4.4Y/c1-3-24(2)16-17-25-22-15-8-7-12-20(22)21-14-9-13-19(23(21)25)18-10-5-4-6-11-18;2*1-3-24(2)15-16-25-22-12-8-7-11-20(22)21-14-13-19(17-23(21)25)18-9-5-4-6-10-18;1-2-21-18-13-7-6-11-17(18)20-16(12-8-14-19(20)21)15-9-4-3-5-10-15;1-4-6(3)5-2;15*1-2;;;;;;/h4-10,12,14-15H,3,16-17H2,1-2H3;4-9,11-12,14,17H,3,15-16H2,1-2H3;4-9,11-14H,3,15-16H2,1-2H3;3-9,11,13-14H,2H2,1H3;4-5H2,1-3H3;15*1-2H3;2*1H4;;;;/q4*-2;;;;;;;;;;;;;;;;;;;;;;. The molecule has 0 N–H and O–H groups in total. The minimum absolute atomic E-state index is 0. The van der Waals surface area contributed by atoms with E-state index < -0.39 is 0 Å². The number of rotatable bonds is 19. The van der Waals surface area contributed by atoms with Gasteiger partial charge < -0.3 is 37.9 Å². The normalized spacial score (nSPS) is 9.13. The van der Waals surface area contributed by atoms with Gasteiger partial charge in [0, 0.05) is 199 Å². The molecule has 0 amide bonds. The number of nitrogens with zero attached hydrogens (tertiary/aromatic N) is 8. The molecule has 138 heavy (non-hydrogen) atoms. The maximum absolute atomic E-state index is 3.66. The van der Waals surface area contributed by atoms with Gasteiger partial charge in [0.05, 0.1) is 0 Å². The Morgan fingerprint density at radius 3 is 0.942 bits per heavy atom. The van der Waals surface area contributed by atoms with E-state index in [0.717, 1.165) is 123 Å². The first-order valence-electron chi connectivity index (χ1n) is 51.4. The maximum atomic E-state index is 3.66. The summed E-state index contributed by atoms with van der Waals surface area (Å²) in [5.41, 5.74) is 19.0. The summed E-state index contributed by atoms with van der Waals surface area (Å²) in [6.07, 6.45) is 0. The van der Waals surface area contributed by atoms with Gasteiger partial charge in [-0.25, -0.2) is 44.5 Å². The predicted molar refractivity (Wildman–Crippen MR) is 618 cm³/mol. The third-order valence-corrected chi connectivity index (χ3v) is 19.9. The molecule has 12 aromatic carbocycles. The van der Waals surface area contributed by atoms with Crippen LogP contribution in [0.15, 0.2) is 243 Å². The van der Waals surface area contributed by atoms with E-state index in [0.29, 0.717) is 0 Å². The zero-order chi connectivity index (χ0) is 101. The van der Waals surface area contributed by atoms with E-state index in [1.807, 2.05) is 268 Å². The van der Waals surface area contributed by atoms with Crippen molar-refractivity contribution in [3.8, 4) is 44.5 Å². The maximum Gasteiger partial charge on any atom is 0.0385 e. The molecule has 4 heterocycles. The van der Waals surface area contributed by atoms with E-state index in [9.17, 15) is 0 Å². The fourth-order valence-electron chi connectivity index (χ4n) is 13.5. The quantitative estimate of drug-likeness (QED) is 0.0756. The number of benzene rings is 12. The van der Waals surface area contributed by atoms with E-state index in [4.69, 9.17) is 0 Å². The molecule has 4 aromatic heterocycles. The molecule has 0 saturated carbocycles. The number of likely N-dealkylation sites (N-methyl/N-ethyl adjacent to an activating group) is 3. The Morgan fingerprint density at radius 2 is 0.551 bits per heavy atom. The topological polar surface area (TPSA) is 32.7 Å². The van der Waals surface area contributed by atoms with Gasteiger partial charge in [0.2, 0.25) is 0 Å². The molecule has 0 unspecified atom stereocenters. The molecule has 12 heteroatoms. The van der Waals surface area contributed by atoms with E-state index in [-0.39, 0.29) is 146 Å². The second kappa shape index (κ2) is 98.5. The van der Waals surface area contributed by atoms with Crippen LogP contribution in [0.4, 0.5) is 0 Å². The summed E-state index contributed by atoms with van der Waals surface area (Å²) in [5.74, 6) is 0. The summed E-state index contributed by atoms with van der Waals surface area (Å²) in [7, 11) is 8.62. The molecular weight excluding hydrogens is 1980 g/mol. The van der Waals surface area contributed by atoms with E-state index in [1.54, 1.807) is 0 Å². The molecule has 0 saturated heterocycles. The molecule has 16 aromatic rings. The Kier molecular flexibility index (Phi) is 109. The first-order chi connectivity index (χ1) is 65.0. The van der Waals surface area contributed by atoms with Crippen molar-refractivity contribution in [2.24, 2.45) is 0 Å². The fraction of sp³-hybridized carbons (Fsp3) is 0.429. The SMILES string of the molecule is C.C.CC.CC.CC.CC.CC.CC.CC.CC.CC.CC.CC.CC.CC.CC.CC.CCN(C)CC.CCN(C)CCn1c2[c-]c(-c3[c-]cccc3)ccc2c2ccccc21.CCN(C)CCn1c2ccccc2c2c[c-]c(-c3[c-]cccc3)cc21.CCN(C)CCn1c2ccccc2c2cc[c-]c(-c3[c-]cccc3)c21.CCn1c2ccccc2c2c(-c3[c-]cccc3)[c-]ccc21.[Y].[Y].[Y].[Y]. The van der Waals surface area contributed by atoms with Crippen LogP contribution < -0.4 is 0 Å². The predicted octanol–water partition coefficient (Wildman–Crippen LogP) is 37.7. The van der Waals surface area contributed by atoms with Crippen LogP contribution in [-0.2, 0) is 157 Å². The van der Waals surface area contributed by atoms with Crippen molar-refractivity contribution in [2.75, 3.05) is 80.5 Å². The molecule has 4 radical (unpaired) electrons. The fourth-order valence-corrected chi connectivity index (χ4v) is 13.5. The number of aromatic nitrogens is 4. The zero-order valence-electron chi connectivity index (χ0n) is 93.5. The zero-order valence-corrected chi connectivity index (χ0v) is 105. The van der Waals surface area contributed by atoms with Crippen LogP contribution in [0.1, 0.15) is 264 Å². The van der Waals surface area contributed by atoms with E-state index in [2.05, 4.69) is 338 Å². The van der Waals surface area contributed by atoms with Crippen LogP contribution in [0.3, 0.4) is 0 Å². The van der Waals surface area contributed by atoms with E-state index >= 15 is 0 Å². The first-order valence-corrected chi connectivity index (χ1v) is 51.4. The van der Waals surface area contributed by atoms with Crippen molar-refractivity contribution >= 4 is 87.2 Å². The summed E-state index contributed by atoms with van der Waals surface area (Å²) in [5, 5.41) is 10.3. The molecule has 0 aliphatic heterocycles. The number of fused-ring (bicyclic) bond motifs is 12. The smallest absolute Gasteiger partial charge is 0.0385 e.